The Morgan fingerprint density at radius 1 is 0.966 bits per heavy atom. The molecule has 29 heavy (non-hydrogen) atoms. The monoisotopic (exact) mass is 407 g/mol. The number of hydrogen-bond acceptors (Lipinski definition) is 6. The molecule has 0 unspecified atom stereocenters. The first-order valence-corrected chi connectivity index (χ1v) is 10.5. The van der Waals surface area contributed by atoms with Gasteiger partial charge in [-0.3, -0.25) is 4.79 Å². The molecule has 6 nitrogen and oxygen atoms in total. The number of rotatable bonds is 2. The van der Waals surface area contributed by atoms with E-state index in [4.69, 9.17) is 27.3 Å². The second-order valence-electron chi connectivity index (χ2n) is 7.75. The van der Waals surface area contributed by atoms with Gasteiger partial charge in [0.15, 0.2) is 11.4 Å². The van der Waals surface area contributed by atoms with Crippen LogP contribution in [0, 0.1) is 0 Å². The number of carbonyl (C=O) groups is 1. The lowest BCUT2D eigenvalue weighted by Crippen LogP contribution is -2.31. The molecule has 0 spiro atoms. The van der Waals surface area contributed by atoms with E-state index in [1.807, 2.05) is 24.3 Å². The predicted octanol–water partition coefficient (Wildman–Crippen LogP) is 4.44. The Morgan fingerprint density at radius 2 is 1.79 bits per heavy atom. The van der Waals surface area contributed by atoms with Crippen LogP contribution in [-0.4, -0.2) is 33.8 Å². The number of piperidine rings is 1. The summed E-state index contributed by atoms with van der Waals surface area (Å²) in [6.07, 6.45) is 5.56. The van der Waals surface area contributed by atoms with E-state index < -0.39 is 0 Å². The number of carbonyl (C=O) groups excluding carboxylic acids is 1. The highest BCUT2D eigenvalue weighted by Gasteiger charge is 2.28. The standard InChI is InChI=1S/C22H22ClN5O/c23-14-7-4-6-13(12-14)17-18-15(8-5-9-16(18)29)25-21-19(17)20(24)26-22(27-21)28-10-2-1-3-11-28/h4,6-7,12H,1-3,5,8-11H2,(H2,24,25,26,27). The molecule has 5 rings (SSSR count). The second-order valence-corrected chi connectivity index (χ2v) is 8.19. The lowest BCUT2D eigenvalue weighted by molar-refractivity contribution is 0.0972. The first-order chi connectivity index (χ1) is 14.1. The smallest absolute Gasteiger partial charge is 0.229 e. The molecule has 1 saturated heterocycles. The van der Waals surface area contributed by atoms with Crippen molar-refractivity contribution in [2.45, 2.75) is 38.5 Å². The molecule has 0 bridgehead atoms. The van der Waals surface area contributed by atoms with Crippen LogP contribution < -0.4 is 10.6 Å². The number of ketones is 1. The van der Waals surface area contributed by atoms with E-state index >= 15 is 0 Å². The van der Waals surface area contributed by atoms with Crippen LogP contribution in [0.15, 0.2) is 24.3 Å². The molecule has 3 aromatic rings. The van der Waals surface area contributed by atoms with E-state index in [9.17, 15) is 4.79 Å². The summed E-state index contributed by atoms with van der Waals surface area (Å²) in [5.74, 6) is 1.08. The molecule has 1 aliphatic carbocycles. The summed E-state index contributed by atoms with van der Waals surface area (Å²) in [6, 6.07) is 7.50. The average molecular weight is 408 g/mol. The number of nitrogens with two attached hydrogens (primary N) is 1. The SMILES string of the molecule is Nc1nc(N2CCCCC2)nc2nc3c(c(-c4cccc(Cl)c4)c12)C(=O)CCC3. The maximum Gasteiger partial charge on any atom is 0.229 e. The van der Waals surface area contributed by atoms with Crippen LogP contribution >= 0.6 is 11.6 Å². The zero-order valence-corrected chi connectivity index (χ0v) is 16.9. The molecule has 2 aliphatic rings. The fourth-order valence-corrected chi connectivity index (χ4v) is 4.61. The summed E-state index contributed by atoms with van der Waals surface area (Å²) in [6.45, 7) is 1.85. The number of pyridine rings is 1. The van der Waals surface area contributed by atoms with Gasteiger partial charge in [0.05, 0.1) is 11.1 Å². The molecule has 3 heterocycles. The third kappa shape index (κ3) is 3.21. The quantitative estimate of drug-likeness (QED) is 0.676. The maximum atomic E-state index is 12.9. The number of anilines is 2. The van der Waals surface area contributed by atoms with Crippen LogP contribution in [0.3, 0.4) is 0 Å². The van der Waals surface area contributed by atoms with Crippen LogP contribution in [0.2, 0.25) is 5.02 Å². The summed E-state index contributed by atoms with van der Waals surface area (Å²) in [7, 11) is 0. The Balaban J connectivity index is 1.80. The van der Waals surface area contributed by atoms with E-state index in [1.165, 1.54) is 6.42 Å². The minimum atomic E-state index is 0.0927. The number of hydrogen-bond donors (Lipinski definition) is 1. The Hall–Kier alpha value is -2.73. The van der Waals surface area contributed by atoms with Gasteiger partial charge in [0.25, 0.3) is 0 Å². The molecule has 0 amide bonds. The normalized spacial score (nSPS) is 16.9. The Morgan fingerprint density at radius 3 is 2.59 bits per heavy atom. The van der Waals surface area contributed by atoms with Crippen LogP contribution in [0.5, 0.6) is 0 Å². The summed E-state index contributed by atoms with van der Waals surface area (Å²) in [5.41, 5.74) is 10.1. The summed E-state index contributed by atoms with van der Waals surface area (Å²) in [5, 5.41) is 1.25. The van der Waals surface area contributed by atoms with Gasteiger partial charge in [-0.2, -0.15) is 9.97 Å². The Kier molecular flexibility index (Phi) is 4.59. The molecule has 7 heteroatoms. The van der Waals surface area contributed by atoms with Crippen molar-refractivity contribution >= 4 is 40.2 Å². The van der Waals surface area contributed by atoms with Crippen molar-refractivity contribution in [3.63, 3.8) is 0 Å². The molecule has 0 atom stereocenters. The largest absolute Gasteiger partial charge is 0.383 e. The molecular weight excluding hydrogens is 386 g/mol. The molecular formula is C22H22ClN5O. The number of nitrogen functional groups attached to an aromatic ring is 1. The predicted molar refractivity (Wildman–Crippen MR) is 116 cm³/mol. The van der Waals surface area contributed by atoms with Gasteiger partial charge in [-0.1, -0.05) is 23.7 Å². The number of aromatic nitrogens is 3. The molecule has 1 aliphatic heterocycles. The lowest BCUT2D eigenvalue weighted by atomic mass is 9.86. The van der Waals surface area contributed by atoms with Gasteiger partial charge < -0.3 is 10.6 Å². The van der Waals surface area contributed by atoms with Crippen molar-refractivity contribution in [2.24, 2.45) is 0 Å². The highest BCUT2D eigenvalue weighted by atomic mass is 35.5. The molecule has 0 radical (unpaired) electrons. The number of aryl methyl sites for hydroxylation is 1. The van der Waals surface area contributed by atoms with Crippen molar-refractivity contribution in [3.05, 3.63) is 40.5 Å². The summed E-state index contributed by atoms with van der Waals surface area (Å²) < 4.78 is 0. The maximum absolute atomic E-state index is 12.9. The van der Waals surface area contributed by atoms with E-state index in [0.717, 1.165) is 55.6 Å². The fourth-order valence-electron chi connectivity index (χ4n) is 4.42. The Bertz CT molecular complexity index is 1120. The average Bonchev–Trinajstić information content (AvgIpc) is 2.73. The van der Waals surface area contributed by atoms with E-state index in [2.05, 4.69) is 9.88 Å². The van der Waals surface area contributed by atoms with E-state index in [-0.39, 0.29) is 5.78 Å². The van der Waals surface area contributed by atoms with Crippen LogP contribution in [0.1, 0.15) is 48.2 Å². The molecule has 2 N–H and O–H groups in total. The number of nitrogens with zero attached hydrogens (tertiary/aromatic N) is 4. The molecule has 1 fully saturated rings. The minimum absolute atomic E-state index is 0.0927. The van der Waals surface area contributed by atoms with Crippen LogP contribution in [0.4, 0.5) is 11.8 Å². The first kappa shape index (κ1) is 18.3. The fraction of sp³-hybridized carbons (Fsp3) is 0.364. The highest BCUT2D eigenvalue weighted by Crippen LogP contribution is 2.39. The van der Waals surface area contributed by atoms with Gasteiger partial charge in [0, 0.05) is 35.7 Å². The Labute approximate surface area is 174 Å². The third-order valence-corrected chi connectivity index (χ3v) is 6.02. The van der Waals surface area contributed by atoms with E-state index in [1.54, 1.807) is 0 Å². The highest BCUT2D eigenvalue weighted by molar-refractivity contribution is 6.31. The van der Waals surface area contributed by atoms with Crippen molar-refractivity contribution < 1.29 is 4.79 Å². The zero-order valence-electron chi connectivity index (χ0n) is 16.1. The minimum Gasteiger partial charge on any atom is -0.383 e. The van der Waals surface area contributed by atoms with Crippen molar-refractivity contribution in [3.8, 4) is 11.1 Å². The van der Waals surface area contributed by atoms with Gasteiger partial charge >= 0.3 is 0 Å². The van der Waals surface area contributed by atoms with Gasteiger partial charge in [-0.25, -0.2) is 4.98 Å². The van der Waals surface area contributed by atoms with Gasteiger partial charge in [-0.15, -0.1) is 0 Å². The molecule has 0 saturated carbocycles. The van der Waals surface area contributed by atoms with Crippen molar-refractivity contribution in [2.75, 3.05) is 23.7 Å². The van der Waals surface area contributed by atoms with Gasteiger partial charge in [-0.05, 0) is 49.8 Å². The number of benzene rings is 1. The van der Waals surface area contributed by atoms with Gasteiger partial charge in [0.1, 0.15) is 5.82 Å². The molecule has 148 valence electrons. The third-order valence-electron chi connectivity index (χ3n) is 5.78. The number of halogens is 1. The number of fused-ring (bicyclic) bond motifs is 2. The summed E-state index contributed by atoms with van der Waals surface area (Å²) >= 11 is 6.26. The second kappa shape index (κ2) is 7.26. The first-order valence-electron chi connectivity index (χ1n) is 10.2. The molecule has 1 aromatic carbocycles. The van der Waals surface area contributed by atoms with Crippen molar-refractivity contribution in [1.29, 1.82) is 0 Å². The number of Topliss-reactive ketones (excluding diaryl/α,β-unsaturated/α-hetero) is 1. The van der Waals surface area contributed by atoms with Crippen molar-refractivity contribution in [1.82, 2.24) is 15.0 Å². The molecule has 2 aromatic heterocycles. The van der Waals surface area contributed by atoms with Crippen LogP contribution in [-0.2, 0) is 6.42 Å². The van der Waals surface area contributed by atoms with Crippen LogP contribution in [0.25, 0.3) is 22.2 Å². The topological polar surface area (TPSA) is 85.0 Å². The van der Waals surface area contributed by atoms with E-state index in [0.29, 0.717) is 39.8 Å². The zero-order chi connectivity index (χ0) is 20.0. The van der Waals surface area contributed by atoms with Gasteiger partial charge in [0.2, 0.25) is 5.95 Å². The summed E-state index contributed by atoms with van der Waals surface area (Å²) in [4.78, 5) is 29.2. The lowest BCUT2D eigenvalue weighted by Gasteiger charge is -2.27.